The van der Waals surface area contributed by atoms with Crippen LogP contribution in [0.25, 0.3) is 11.2 Å². The second-order valence-corrected chi connectivity index (χ2v) is 7.39. The molecule has 0 saturated carbocycles. The lowest BCUT2D eigenvalue weighted by atomic mass is 10.1. The van der Waals surface area contributed by atoms with Crippen LogP contribution in [0.2, 0.25) is 0 Å². The van der Waals surface area contributed by atoms with Crippen molar-refractivity contribution in [2.75, 3.05) is 11.1 Å². The van der Waals surface area contributed by atoms with Crippen LogP contribution in [0.1, 0.15) is 11.1 Å². The van der Waals surface area contributed by atoms with Crippen molar-refractivity contribution in [2.45, 2.75) is 18.5 Å². The van der Waals surface area contributed by atoms with Crippen LogP contribution >= 0.6 is 11.8 Å². The molecule has 7 nitrogen and oxygen atoms in total. The Labute approximate surface area is 170 Å². The van der Waals surface area contributed by atoms with Gasteiger partial charge >= 0.3 is 0 Å². The number of anilines is 1. The summed E-state index contributed by atoms with van der Waals surface area (Å²) in [5.41, 5.74) is 3.84. The smallest absolute Gasteiger partial charge is 0.234 e. The average Bonchev–Trinajstić information content (AvgIpc) is 3.12. The third-order valence-electron chi connectivity index (χ3n) is 4.17. The van der Waals surface area contributed by atoms with E-state index < -0.39 is 5.82 Å². The van der Waals surface area contributed by atoms with Gasteiger partial charge in [-0.05, 0) is 30.7 Å². The molecule has 0 aliphatic heterocycles. The number of carbonyl (C=O) groups excluding carboxylic acids is 1. The molecule has 0 unspecified atom stereocenters. The molecule has 0 saturated heterocycles. The number of hydrogen-bond donors (Lipinski definition) is 1. The Bertz CT molecular complexity index is 1160. The Morgan fingerprint density at radius 3 is 2.79 bits per heavy atom. The lowest BCUT2D eigenvalue weighted by Gasteiger charge is -2.05. The zero-order chi connectivity index (χ0) is 20.2. The number of nitrogens with one attached hydrogen (secondary N) is 1. The average molecular weight is 408 g/mol. The summed E-state index contributed by atoms with van der Waals surface area (Å²) in [4.78, 5) is 20.7. The minimum absolute atomic E-state index is 0.105. The Morgan fingerprint density at radius 2 is 2.00 bits per heavy atom. The molecule has 2 heterocycles. The molecule has 2 aromatic heterocycles. The summed E-state index contributed by atoms with van der Waals surface area (Å²) >= 11 is 1.23. The summed E-state index contributed by atoms with van der Waals surface area (Å²) in [7, 11) is 0. The van der Waals surface area contributed by atoms with Crippen molar-refractivity contribution in [3.8, 4) is 0 Å². The SMILES string of the molecule is Cc1ccc(Cn2nnc3c(SCC(=O)Nc4cccc(F)c4)ncnc32)cc1. The molecule has 0 fully saturated rings. The standard InChI is InChI=1S/C20H17FN6OS/c1-13-5-7-14(8-6-13)10-27-19-18(25-26-27)20(23-12-22-19)29-11-17(28)24-16-4-2-3-15(21)9-16/h2-9,12H,10-11H2,1H3,(H,24,28). The van der Waals surface area contributed by atoms with E-state index in [0.29, 0.717) is 28.4 Å². The van der Waals surface area contributed by atoms with E-state index in [-0.39, 0.29) is 11.7 Å². The molecule has 0 atom stereocenters. The third kappa shape index (κ3) is 4.57. The fraction of sp³-hybridized carbons (Fsp3) is 0.150. The summed E-state index contributed by atoms with van der Waals surface area (Å²) < 4.78 is 14.9. The predicted molar refractivity (Wildman–Crippen MR) is 109 cm³/mol. The molecular weight excluding hydrogens is 391 g/mol. The van der Waals surface area contributed by atoms with Crippen LogP contribution in [0, 0.1) is 12.7 Å². The number of thioether (sulfide) groups is 1. The molecule has 0 aliphatic rings. The van der Waals surface area contributed by atoms with Crippen LogP contribution in [0.3, 0.4) is 0 Å². The number of nitrogens with zero attached hydrogens (tertiary/aromatic N) is 5. The largest absolute Gasteiger partial charge is 0.325 e. The molecule has 0 spiro atoms. The second kappa shape index (κ2) is 8.36. The van der Waals surface area contributed by atoms with Gasteiger partial charge in [-0.3, -0.25) is 4.79 Å². The molecule has 0 aliphatic carbocycles. The Kier molecular flexibility index (Phi) is 5.48. The summed E-state index contributed by atoms with van der Waals surface area (Å²) in [5.74, 6) is -0.564. The van der Waals surface area contributed by atoms with Gasteiger partial charge < -0.3 is 5.32 Å². The van der Waals surface area contributed by atoms with Crippen molar-refractivity contribution in [3.05, 3.63) is 71.8 Å². The highest BCUT2D eigenvalue weighted by molar-refractivity contribution is 8.00. The van der Waals surface area contributed by atoms with Crippen LogP contribution in [0.5, 0.6) is 0 Å². The maximum absolute atomic E-state index is 13.2. The van der Waals surface area contributed by atoms with Gasteiger partial charge in [-0.2, -0.15) is 0 Å². The van der Waals surface area contributed by atoms with Gasteiger partial charge in [-0.15, -0.1) is 5.10 Å². The summed E-state index contributed by atoms with van der Waals surface area (Å²) in [5, 5.41) is 11.6. The molecule has 0 bridgehead atoms. The number of benzene rings is 2. The van der Waals surface area contributed by atoms with Gasteiger partial charge in [0.15, 0.2) is 11.2 Å². The van der Waals surface area contributed by atoms with E-state index in [9.17, 15) is 9.18 Å². The number of halogens is 1. The third-order valence-corrected chi connectivity index (χ3v) is 5.15. The number of rotatable bonds is 6. The fourth-order valence-corrected chi connectivity index (χ4v) is 3.48. The topological polar surface area (TPSA) is 85.6 Å². The van der Waals surface area contributed by atoms with E-state index in [1.807, 2.05) is 31.2 Å². The number of amides is 1. The number of hydrogen-bond acceptors (Lipinski definition) is 6. The van der Waals surface area contributed by atoms with Gasteiger partial charge in [0.25, 0.3) is 0 Å². The van der Waals surface area contributed by atoms with Crippen LogP contribution in [0.15, 0.2) is 59.9 Å². The maximum Gasteiger partial charge on any atom is 0.234 e. The van der Waals surface area contributed by atoms with Gasteiger partial charge in [0.05, 0.1) is 12.3 Å². The minimum atomic E-state index is -0.404. The first kappa shape index (κ1) is 19.0. The zero-order valence-electron chi connectivity index (χ0n) is 15.5. The Balaban J connectivity index is 1.46. The highest BCUT2D eigenvalue weighted by atomic mass is 32.2. The van der Waals surface area contributed by atoms with Crippen molar-refractivity contribution in [1.82, 2.24) is 25.0 Å². The van der Waals surface area contributed by atoms with Crippen LogP contribution in [-0.2, 0) is 11.3 Å². The van der Waals surface area contributed by atoms with Crippen LogP contribution < -0.4 is 5.32 Å². The van der Waals surface area contributed by atoms with Crippen molar-refractivity contribution >= 4 is 34.5 Å². The normalized spacial score (nSPS) is 11.0. The highest BCUT2D eigenvalue weighted by Gasteiger charge is 2.14. The van der Waals surface area contributed by atoms with Gasteiger partial charge in [0.1, 0.15) is 17.2 Å². The first-order chi connectivity index (χ1) is 14.1. The molecule has 29 heavy (non-hydrogen) atoms. The number of aromatic nitrogens is 5. The van der Waals surface area contributed by atoms with E-state index in [4.69, 9.17) is 0 Å². The molecule has 4 aromatic rings. The fourth-order valence-electron chi connectivity index (χ4n) is 2.75. The van der Waals surface area contributed by atoms with Crippen LogP contribution in [0.4, 0.5) is 10.1 Å². The lowest BCUT2D eigenvalue weighted by molar-refractivity contribution is -0.113. The molecule has 146 valence electrons. The van der Waals surface area contributed by atoms with E-state index >= 15 is 0 Å². The quantitative estimate of drug-likeness (QED) is 0.389. The Hall–Kier alpha value is -3.33. The van der Waals surface area contributed by atoms with Gasteiger partial charge in [0.2, 0.25) is 5.91 Å². The molecule has 2 aromatic carbocycles. The van der Waals surface area contributed by atoms with E-state index in [1.165, 1.54) is 35.8 Å². The highest BCUT2D eigenvalue weighted by Crippen LogP contribution is 2.23. The van der Waals surface area contributed by atoms with Crippen molar-refractivity contribution < 1.29 is 9.18 Å². The first-order valence-electron chi connectivity index (χ1n) is 8.86. The van der Waals surface area contributed by atoms with Crippen molar-refractivity contribution in [1.29, 1.82) is 0 Å². The molecule has 1 amide bonds. The number of fused-ring (bicyclic) bond motifs is 1. The second-order valence-electron chi connectivity index (χ2n) is 6.43. The van der Waals surface area contributed by atoms with Gasteiger partial charge in [-0.25, -0.2) is 19.0 Å². The Morgan fingerprint density at radius 1 is 1.17 bits per heavy atom. The minimum Gasteiger partial charge on any atom is -0.325 e. The summed E-state index contributed by atoms with van der Waals surface area (Å²) in [6.07, 6.45) is 1.43. The molecular formula is C20H17FN6OS. The van der Waals surface area contributed by atoms with Crippen molar-refractivity contribution in [2.24, 2.45) is 0 Å². The summed E-state index contributed by atoms with van der Waals surface area (Å²) in [6.45, 7) is 2.58. The maximum atomic E-state index is 13.2. The van der Waals surface area contributed by atoms with Crippen molar-refractivity contribution in [3.63, 3.8) is 0 Å². The van der Waals surface area contributed by atoms with E-state index in [2.05, 4.69) is 25.6 Å². The lowest BCUT2D eigenvalue weighted by Crippen LogP contribution is -2.14. The van der Waals surface area contributed by atoms with Crippen LogP contribution in [-0.4, -0.2) is 36.6 Å². The van der Waals surface area contributed by atoms with Gasteiger partial charge in [0, 0.05) is 5.69 Å². The number of aryl methyl sites for hydroxylation is 1. The molecule has 1 N–H and O–H groups in total. The van der Waals surface area contributed by atoms with E-state index in [0.717, 1.165) is 5.56 Å². The first-order valence-corrected chi connectivity index (χ1v) is 9.85. The monoisotopic (exact) mass is 408 g/mol. The molecule has 4 rings (SSSR count). The van der Waals surface area contributed by atoms with Gasteiger partial charge in [-0.1, -0.05) is 52.9 Å². The number of carbonyl (C=O) groups is 1. The molecule has 0 radical (unpaired) electrons. The van der Waals surface area contributed by atoms with E-state index in [1.54, 1.807) is 16.8 Å². The zero-order valence-corrected chi connectivity index (χ0v) is 16.4. The molecule has 9 heteroatoms. The summed E-state index contributed by atoms with van der Waals surface area (Å²) in [6, 6.07) is 13.9. The predicted octanol–water partition coefficient (Wildman–Crippen LogP) is 3.45.